The number of likely N-dealkylation sites (N-methyl/N-ethyl adjacent to an activating group) is 1. The van der Waals surface area contributed by atoms with Crippen LogP contribution in [-0.2, 0) is 6.54 Å². The van der Waals surface area contributed by atoms with E-state index in [1.165, 1.54) is 24.0 Å². The largest absolute Gasteiger partial charge is 0.338 e. The van der Waals surface area contributed by atoms with Gasteiger partial charge in [-0.2, -0.15) is 4.98 Å². The predicted octanol–water partition coefficient (Wildman–Crippen LogP) is 3.48. The van der Waals surface area contributed by atoms with Gasteiger partial charge in [0, 0.05) is 12.5 Å². The van der Waals surface area contributed by atoms with Crippen LogP contribution in [0.1, 0.15) is 43.0 Å². The SMILES string of the molecule is CC(=Cc1ccccc1)CN(C)Cc1nc(C2CC2)no1. The number of rotatable bonds is 6. The van der Waals surface area contributed by atoms with Crippen LogP contribution in [0.15, 0.2) is 40.4 Å². The van der Waals surface area contributed by atoms with Crippen molar-refractivity contribution in [2.24, 2.45) is 0 Å². The van der Waals surface area contributed by atoms with Gasteiger partial charge < -0.3 is 4.52 Å². The Morgan fingerprint density at radius 1 is 1.33 bits per heavy atom. The van der Waals surface area contributed by atoms with Crippen molar-refractivity contribution >= 4 is 6.08 Å². The molecule has 0 radical (unpaired) electrons. The van der Waals surface area contributed by atoms with Gasteiger partial charge in [0.25, 0.3) is 0 Å². The Morgan fingerprint density at radius 3 is 2.81 bits per heavy atom. The van der Waals surface area contributed by atoms with E-state index in [1.807, 2.05) is 6.07 Å². The zero-order chi connectivity index (χ0) is 14.7. The lowest BCUT2D eigenvalue weighted by molar-refractivity contribution is 0.281. The smallest absolute Gasteiger partial charge is 0.240 e. The molecule has 2 aromatic rings. The minimum atomic E-state index is 0.549. The van der Waals surface area contributed by atoms with E-state index in [4.69, 9.17) is 4.52 Å². The van der Waals surface area contributed by atoms with Crippen molar-refractivity contribution in [1.29, 1.82) is 0 Å². The van der Waals surface area contributed by atoms with Crippen LogP contribution in [0.2, 0.25) is 0 Å². The fourth-order valence-electron chi connectivity index (χ4n) is 2.43. The molecule has 3 rings (SSSR count). The minimum absolute atomic E-state index is 0.549. The van der Waals surface area contributed by atoms with Gasteiger partial charge in [0.05, 0.1) is 6.54 Å². The van der Waals surface area contributed by atoms with Crippen molar-refractivity contribution in [3.8, 4) is 0 Å². The molecule has 0 atom stereocenters. The number of nitrogens with zero attached hydrogens (tertiary/aromatic N) is 3. The molecule has 4 nitrogen and oxygen atoms in total. The fraction of sp³-hybridized carbons (Fsp3) is 0.412. The molecule has 1 aliphatic carbocycles. The summed E-state index contributed by atoms with van der Waals surface area (Å²) in [5.41, 5.74) is 2.54. The molecule has 1 saturated carbocycles. The van der Waals surface area contributed by atoms with Gasteiger partial charge in [-0.15, -0.1) is 0 Å². The van der Waals surface area contributed by atoms with Crippen LogP contribution < -0.4 is 0 Å². The predicted molar refractivity (Wildman–Crippen MR) is 82.7 cm³/mol. The maximum atomic E-state index is 5.31. The Labute approximate surface area is 125 Å². The number of hydrogen-bond acceptors (Lipinski definition) is 4. The van der Waals surface area contributed by atoms with E-state index in [0.717, 1.165) is 12.4 Å². The average Bonchev–Trinajstić information content (AvgIpc) is 3.20. The van der Waals surface area contributed by atoms with Gasteiger partial charge in [-0.1, -0.05) is 47.1 Å². The Balaban J connectivity index is 1.55. The normalized spacial score (nSPS) is 15.7. The van der Waals surface area contributed by atoms with E-state index in [9.17, 15) is 0 Å². The number of aromatic nitrogens is 2. The molecule has 1 aromatic carbocycles. The summed E-state index contributed by atoms with van der Waals surface area (Å²) in [6.07, 6.45) is 4.61. The highest BCUT2D eigenvalue weighted by Gasteiger charge is 2.28. The number of hydrogen-bond donors (Lipinski definition) is 0. The summed E-state index contributed by atoms with van der Waals surface area (Å²) in [5.74, 6) is 2.15. The highest BCUT2D eigenvalue weighted by Crippen LogP contribution is 2.38. The van der Waals surface area contributed by atoms with Gasteiger partial charge >= 0.3 is 0 Å². The topological polar surface area (TPSA) is 42.2 Å². The van der Waals surface area contributed by atoms with E-state index < -0.39 is 0 Å². The molecule has 0 saturated heterocycles. The molecule has 0 bridgehead atoms. The molecule has 0 spiro atoms. The molecule has 1 aromatic heterocycles. The summed E-state index contributed by atoms with van der Waals surface area (Å²) in [6, 6.07) is 10.4. The molecule has 1 fully saturated rings. The van der Waals surface area contributed by atoms with Gasteiger partial charge in [0.15, 0.2) is 5.82 Å². The second kappa shape index (κ2) is 6.22. The molecule has 4 heteroatoms. The molecular formula is C17H21N3O. The minimum Gasteiger partial charge on any atom is -0.338 e. The first-order valence-electron chi connectivity index (χ1n) is 7.44. The monoisotopic (exact) mass is 283 g/mol. The van der Waals surface area contributed by atoms with Crippen LogP contribution in [0, 0.1) is 0 Å². The van der Waals surface area contributed by atoms with Gasteiger partial charge in [-0.3, -0.25) is 4.90 Å². The van der Waals surface area contributed by atoms with Crippen molar-refractivity contribution in [3.05, 3.63) is 53.2 Å². The number of benzene rings is 1. The first-order chi connectivity index (χ1) is 10.2. The van der Waals surface area contributed by atoms with Gasteiger partial charge in [-0.05, 0) is 32.4 Å². The van der Waals surface area contributed by atoms with Gasteiger partial charge in [-0.25, -0.2) is 0 Å². The van der Waals surface area contributed by atoms with Gasteiger partial charge in [0.2, 0.25) is 5.89 Å². The summed E-state index contributed by atoms with van der Waals surface area (Å²) in [5, 5.41) is 4.05. The zero-order valence-corrected chi connectivity index (χ0v) is 12.6. The summed E-state index contributed by atoms with van der Waals surface area (Å²) in [7, 11) is 2.07. The third-order valence-electron chi connectivity index (χ3n) is 3.56. The second-order valence-electron chi connectivity index (χ2n) is 5.89. The van der Waals surface area contributed by atoms with E-state index in [2.05, 4.69) is 59.4 Å². The Morgan fingerprint density at radius 2 is 2.10 bits per heavy atom. The summed E-state index contributed by atoms with van der Waals surface area (Å²) >= 11 is 0. The Hall–Kier alpha value is -1.94. The molecule has 0 unspecified atom stereocenters. The second-order valence-corrected chi connectivity index (χ2v) is 5.89. The van der Waals surface area contributed by atoms with Crippen LogP contribution in [-0.4, -0.2) is 28.6 Å². The van der Waals surface area contributed by atoms with Crippen molar-refractivity contribution in [3.63, 3.8) is 0 Å². The van der Waals surface area contributed by atoms with Crippen LogP contribution in [0.4, 0.5) is 0 Å². The van der Waals surface area contributed by atoms with Gasteiger partial charge in [0.1, 0.15) is 0 Å². The maximum absolute atomic E-state index is 5.31. The molecule has 1 aliphatic rings. The third kappa shape index (κ3) is 4.02. The highest BCUT2D eigenvalue weighted by atomic mass is 16.5. The fourth-order valence-corrected chi connectivity index (χ4v) is 2.43. The van der Waals surface area contributed by atoms with Crippen molar-refractivity contribution in [2.45, 2.75) is 32.2 Å². The third-order valence-corrected chi connectivity index (χ3v) is 3.56. The average molecular weight is 283 g/mol. The lowest BCUT2D eigenvalue weighted by Crippen LogP contribution is -2.20. The lowest BCUT2D eigenvalue weighted by atomic mass is 10.1. The van der Waals surface area contributed by atoms with E-state index in [0.29, 0.717) is 18.4 Å². The molecule has 0 N–H and O–H groups in total. The quantitative estimate of drug-likeness (QED) is 0.814. The summed E-state index contributed by atoms with van der Waals surface area (Å²) in [4.78, 5) is 6.66. The zero-order valence-electron chi connectivity index (χ0n) is 12.6. The lowest BCUT2D eigenvalue weighted by Gasteiger charge is -2.14. The van der Waals surface area contributed by atoms with E-state index in [1.54, 1.807) is 0 Å². The summed E-state index contributed by atoms with van der Waals surface area (Å²) < 4.78 is 5.31. The van der Waals surface area contributed by atoms with E-state index >= 15 is 0 Å². The van der Waals surface area contributed by atoms with Crippen molar-refractivity contribution < 1.29 is 4.52 Å². The van der Waals surface area contributed by atoms with Crippen molar-refractivity contribution in [1.82, 2.24) is 15.0 Å². The molecule has 21 heavy (non-hydrogen) atoms. The molecule has 1 heterocycles. The van der Waals surface area contributed by atoms with Crippen molar-refractivity contribution in [2.75, 3.05) is 13.6 Å². The maximum Gasteiger partial charge on any atom is 0.240 e. The Bertz CT molecular complexity index is 614. The molecule has 0 amide bonds. The van der Waals surface area contributed by atoms with Crippen LogP contribution in [0.3, 0.4) is 0 Å². The van der Waals surface area contributed by atoms with Crippen LogP contribution in [0.25, 0.3) is 6.08 Å². The summed E-state index contributed by atoms with van der Waals surface area (Å²) in [6.45, 7) is 3.72. The molecule has 110 valence electrons. The standard InChI is InChI=1S/C17H21N3O/c1-13(10-14-6-4-3-5-7-14)11-20(2)12-16-18-17(19-21-16)15-8-9-15/h3-7,10,15H,8-9,11-12H2,1-2H3. The first kappa shape index (κ1) is 14.0. The Kier molecular flexibility index (Phi) is 4.15. The highest BCUT2D eigenvalue weighted by molar-refractivity contribution is 5.52. The first-order valence-corrected chi connectivity index (χ1v) is 7.44. The van der Waals surface area contributed by atoms with E-state index in [-0.39, 0.29) is 0 Å². The van der Waals surface area contributed by atoms with Crippen LogP contribution in [0.5, 0.6) is 0 Å². The molecule has 0 aliphatic heterocycles. The van der Waals surface area contributed by atoms with Crippen LogP contribution >= 0.6 is 0 Å². The molecular weight excluding hydrogens is 262 g/mol.